The lowest BCUT2D eigenvalue weighted by atomic mass is 10.1. The van der Waals surface area contributed by atoms with Crippen LogP contribution in [-0.4, -0.2) is 39.2 Å². The number of rotatable bonds is 7. The molecule has 0 unspecified atom stereocenters. The van der Waals surface area contributed by atoms with Crippen LogP contribution in [0.3, 0.4) is 0 Å². The number of hydrogen-bond acceptors (Lipinski definition) is 5. The highest BCUT2D eigenvalue weighted by atomic mass is 35.5. The Morgan fingerprint density at radius 3 is 2.62 bits per heavy atom. The van der Waals surface area contributed by atoms with E-state index in [-0.39, 0.29) is 49.1 Å². The van der Waals surface area contributed by atoms with Gasteiger partial charge in [0.15, 0.2) is 0 Å². The van der Waals surface area contributed by atoms with Crippen LogP contribution in [0.2, 0.25) is 0 Å². The molecule has 0 spiro atoms. The Balaban J connectivity index is 0.00000312. The summed E-state index contributed by atoms with van der Waals surface area (Å²) < 4.78 is 1.69. The zero-order valence-electron chi connectivity index (χ0n) is 14.6. The molecule has 2 aromatic rings. The van der Waals surface area contributed by atoms with Crippen molar-refractivity contribution in [1.82, 2.24) is 20.1 Å². The number of hydrogen-bond donors (Lipinski definition) is 3. The predicted molar refractivity (Wildman–Crippen MR) is 105 cm³/mol. The fourth-order valence-electron chi connectivity index (χ4n) is 2.04. The Bertz CT molecular complexity index is 694. The second-order valence-corrected chi connectivity index (χ2v) is 5.83. The van der Waals surface area contributed by atoms with E-state index in [1.807, 2.05) is 32.0 Å². The van der Waals surface area contributed by atoms with E-state index in [1.54, 1.807) is 17.1 Å². The van der Waals surface area contributed by atoms with Crippen molar-refractivity contribution in [1.29, 1.82) is 0 Å². The number of aromatic nitrogens is 3. The first-order chi connectivity index (χ1) is 11.5. The van der Waals surface area contributed by atoms with Gasteiger partial charge in [-0.05, 0) is 23.6 Å². The average Bonchev–Trinajstić information content (AvgIpc) is 3.05. The SMILES string of the molecule is CC(C)[C@H](N)C(=O)NCC(=O)Nc1cccc(Cn2cncn2)c1.Cl.Cl. The molecule has 1 heterocycles. The number of nitrogens with zero attached hydrogens (tertiary/aromatic N) is 3. The molecule has 1 aromatic heterocycles. The number of halogens is 2. The van der Waals surface area contributed by atoms with Crippen LogP contribution < -0.4 is 16.4 Å². The van der Waals surface area contributed by atoms with Gasteiger partial charge in [0.2, 0.25) is 11.8 Å². The quantitative estimate of drug-likeness (QED) is 0.643. The van der Waals surface area contributed by atoms with Crippen molar-refractivity contribution in [3.8, 4) is 0 Å². The van der Waals surface area contributed by atoms with Crippen molar-refractivity contribution in [2.45, 2.75) is 26.4 Å². The van der Waals surface area contributed by atoms with Gasteiger partial charge >= 0.3 is 0 Å². The Morgan fingerprint density at radius 1 is 1.27 bits per heavy atom. The van der Waals surface area contributed by atoms with Crippen LogP contribution in [0, 0.1) is 5.92 Å². The van der Waals surface area contributed by atoms with Crippen molar-refractivity contribution in [2.24, 2.45) is 11.7 Å². The first-order valence-electron chi connectivity index (χ1n) is 7.70. The molecule has 10 heteroatoms. The molecule has 0 bridgehead atoms. The molecule has 0 aliphatic carbocycles. The standard InChI is InChI=1S/C16H22N6O2.2ClH/c1-11(2)15(17)16(24)19-7-14(23)21-13-5-3-4-12(6-13)8-22-10-18-9-20-22;;/h3-6,9-11,15H,7-8,17H2,1-2H3,(H,19,24)(H,21,23);2*1H/t15-;;/m0../s1. The second kappa shape index (κ2) is 11.5. The summed E-state index contributed by atoms with van der Waals surface area (Å²) in [5.41, 5.74) is 7.35. The molecule has 2 rings (SSSR count). The predicted octanol–water partition coefficient (Wildman–Crippen LogP) is 1.21. The zero-order chi connectivity index (χ0) is 17.5. The molecule has 144 valence electrons. The molecular weight excluding hydrogens is 379 g/mol. The van der Waals surface area contributed by atoms with Crippen LogP contribution in [0.25, 0.3) is 0 Å². The van der Waals surface area contributed by atoms with E-state index in [0.717, 1.165) is 5.56 Å². The number of nitrogens with one attached hydrogen (secondary N) is 2. The first-order valence-corrected chi connectivity index (χ1v) is 7.70. The highest BCUT2D eigenvalue weighted by Gasteiger charge is 2.17. The zero-order valence-corrected chi connectivity index (χ0v) is 16.2. The van der Waals surface area contributed by atoms with E-state index in [9.17, 15) is 9.59 Å². The minimum atomic E-state index is -0.621. The van der Waals surface area contributed by atoms with Gasteiger partial charge in [-0.1, -0.05) is 26.0 Å². The summed E-state index contributed by atoms with van der Waals surface area (Å²) in [4.78, 5) is 27.6. The van der Waals surface area contributed by atoms with Gasteiger partial charge in [-0.15, -0.1) is 24.8 Å². The number of benzene rings is 1. The molecule has 0 saturated carbocycles. The molecule has 1 atom stereocenters. The second-order valence-electron chi connectivity index (χ2n) is 5.83. The van der Waals surface area contributed by atoms with Crippen molar-refractivity contribution in [3.63, 3.8) is 0 Å². The summed E-state index contributed by atoms with van der Waals surface area (Å²) in [7, 11) is 0. The van der Waals surface area contributed by atoms with Gasteiger partial charge in [0, 0.05) is 5.69 Å². The van der Waals surface area contributed by atoms with Crippen LogP contribution in [0.5, 0.6) is 0 Å². The number of carbonyl (C=O) groups is 2. The molecule has 0 aliphatic rings. The van der Waals surface area contributed by atoms with Gasteiger partial charge < -0.3 is 16.4 Å². The van der Waals surface area contributed by atoms with E-state index in [4.69, 9.17) is 5.73 Å². The minimum absolute atomic E-state index is 0. The maximum atomic E-state index is 11.9. The molecule has 0 fully saturated rings. The fraction of sp³-hybridized carbons (Fsp3) is 0.375. The Labute approximate surface area is 164 Å². The van der Waals surface area contributed by atoms with E-state index in [2.05, 4.69) is 20.7 Å². The number of anilines is 1. The molecule has 4 N–H and O–H groups in total. The van der Waals surface area contributed by atoms with Gasteiger partial charge in [-0.2, -0.15) is 5.10 Å². The maximum Gasteiger partial charge on any atom is 0.243 e. The molecule has 0 aliphatic heterocycles. The van der Waals surface area contributed by atoms with Crippen LogP contribution in [-0.2, 0) is 16.1 Å². The van der Waals surface area contributed by atoms with E-state index >= 15 is 0 Å². The third-order valence-corrected chi connectivity index (χ3v) is 3.47. The molecular formula is C16H24Cl2N6O2. The van der Waals surface area contributed by atoms with Gasteiger partial charge in [0.25, 0.3) is 0 Å². The van der Waals surface area contributed by atoms with Crippen molar-refractivity contribution in [2.75, 3.05) is 11.9 Å². The molecule has 0 radical (unpaired) electrons. The third kappa shape index (κ3) is 7.38. The summed E-state index contributed by atoms with van der Waals surface area (Å²) >= 11 is 0. The van der Waals surface area contributed by atoms with Crippen LogP contribution in [0.15, 0.2) is 36.9 Å². The number of amides is 2. The molecule has 2 amide bonds. The van der Waals surface area contributed by atoms with Crippen molar-refractivity contribution >= 4 is 42.3 Å². The lowest BCUT2D eigenvalue weighted by Gasteiger charge is -2.15. The molecule has 0 saturated heterocycles. The summed E-state index contributed by atoms with van der Waals surface area (Å²) in [5.74, 6) is -0.626. The largest absolute Gasteiger partial charge is 0.346 e. The van der Waals surface area contributed by atoms with E-state index in [0.29, 0.717) is 12.2 Å². The van der Waals surface area contributed by atoms with Crippen LogP contribution in [0.1, 0.15) is 19.4 Å². The normalized spacial score (nSPS) is 11.1. The first kappa shape index (κ1) is 23.8. The topological polar surface area (TPSA) is 115 Å². The average molecular weight is 403 g/mol. The summed E-state index contributed by atoms with van der Waals surface area (Å²) in [5, 5.41) is 9.32. The van der Waals surface area contributed by atoms with E-state index in [1.165, 1.54) is 6.33 Å². The highest BCUT2D eigenvalue weighted by molar-refractivity contribution is 5.95. The number of nitrogens with two attached hydrogens (primary N) is 1. The van der Waals surface area contributed by atoms with Crippen LogP contribution in [0.4, 0.5) is 5.69 Å². The maximum absolute atomic E-state index is 11.9. The monoisotopic (exact) mass is 402 g/mol. The smallest absolute Gasteiger partial charge is 0.243 e. The van der Waals surface area contributed by atoms with Crippen molar-refractivity contribution in [3.05, 3.63) is 42.5 Å². The summed E-state index contributed by atoms with van der Waals surface area (Å²) in [6.45, 7) is 4.14. The van der Waals surface area contributed by atoms with Crippen LogP contribution >= 0.6 is 24.8 Å². The molecule has 1 aromatic carbocycles. The Kier molecular flexibility index (Phi) is 10.5. The lowest BCUT2D eigenvalue weighted by Crippen LogP contribution is -2.46. The fourth-order valence-corrected chi connectivity index (χ4v) is 2.04. The van der Waals surface area contributed by atoms with Crippen molar-refractivity contribution < 1.29 is 9.59 Å². The highest BCUT2D eigenvalue weighted by Crippen LogP contribution is 2.11. The summed E-state index contributed by atoms with van der Waals surface area (Å²) in [6, 6.07) is 6.78. The Hall–Kier alpha value is -2.16. The molecule has 26 heavy (non-hydrogen) atoms. The Morgan fingerprint density at radius 2 is 2.00 bits per heavy atom. The van der Waals surface area contributed by atoms with E-state index < -0.39 is 6.04 Å². The number of carbonyl (C=O) groups excluding carboxylic acids is 2. The minimum Gasteiger partial charge on any atom is -0.346 e. The van der Waals surface area contributed by atoms with Gasteiger partial charge in [-0.3, -0.25) is 9.59 Å². The van der Waals surface area contributed by atoms with Gasteiger partial charge in [-0.25, -0.2) is 9.67 Å². The summed E-state index contributed by atoms with van der Waals surface area (Å²) in [6.07, 6.45) is 3.09. The molecule has 8 nitrogen and oxygen atoms in total. The lowest BCUT2D eigenvalue weighted by molar-refractivity contribution is -0.125. The van der Waals surface area contributed by atoms with Gasteiger partial charge in [0.1, 0.15) is 12.7 Å². The third-order valence-electron chi connectivity index (χ3n) is 3.47. The van der Waals surface area contributed by atoms with Gasteiger partial charge in [0.05, 0.1) is 19.1 Å².